The fourth-order valence-corrected chi connectivity index (χ4v) is 3.65. The van der Waals surface area contributed by atoms with Crippen LogP contribution < -0.4 is 11.1 Å². The lowest BCUT2D eigenvalue weighted by atomic mass is 9.75. The summed E-state index contributed by atoms with van der Waals surface area (Å²) < 4.78 is 0. The number of nitrogens with one attached hydrogen (secondary N) is 1. The van der Waals surface area contributed by atoms with E-state index in [1.165, 1.54) is 25.7 Å². The molecule has 2 heteroatoms. The normalized spacial score (nSPS) is 29.5. The van der Waals surface area contributed by atoms with Gasteiger partial charge in [-0.3, -0.25) is 0 Å². The summed E-state index contributed by atoms with van der Waals surface area (Å²) in [6.07, 6.45) is 5.23. The molecule has 0 aromatic carbocycles. The first kappa shape index (κ1) is 16.0. The SMILES string of the molecule is CC1CCCC(CN)(NCC(C(C)C)C(C)C)C1. The van der Waals surface area contributed by atoms with Crippen LogP contribution in [0.25, 0.3) is 0 Å². The third-order valence-corrected chi connectivity index (χ3v) is 4.91. The second kappa shape index (κ2) is 6.91. The average molecular weight is 254 g/mol. The van der Waals surface area contributed by atoms with Crippen molar-refractivity contribution >= 4 is 0 Å². The highest BCUT2D eigenvalue weighted by atomic mass is 15.0. The maximum atomic E-state index is 6.08. The van der Waals surface area contributed by atoms with Crippen molar-refractivity contribution < 1.29 is 0 Å². The van der Waals surface area contributed by atoms with Crippen LogP contribution in [-0.2, 0) is 0 Å². The lowest BCUT2D eigenvalue weighted by molar-refractivity contribution is 0.165. The summed E-state index contributed by atoms with van der Waals surface area (Å²) in [5.41, 5.74) is 6.30. The van der Waals surface area contributed by atoms with Gasteiger partial charge in [0.15, 0.2) is 0 Å². The summed E-state index contributed by atoms with van der Waals surface area (Å²) in [6.45, 7) is 13.6. The molecule has 108 valence electrons. The van der Waals surface area contributed by atoms with E-state index in [1.807, 2.05) is 0 Å². The van der Waals surface area contributed by atoms with Crippen molar-refractivity contribution in [1.29, 1.82) is 0 Å². The van der Waals surface area contributed by atoms with Crippen molar-refractivity contribution in [2.45, 2.75) is 65.8 Å². The van der Waals surface area contributed by atoms with E-state index in [1.54, 1.807) is 0 Å². The van der Waals surface area contributed by atoms with Gasteiger partial charge in [-0.2, -0.15) is 0 Å². The molecule has 0 spiro atoms. The fourth-order valence-electron chi connectivity index (χ4n) is 3.65. The van der Waals surface area contributed by atoms with Crippen molar-refractivity contribution in [2.24, 2.45) is 29.4 Å². The van der Waals surface area contributed by atoms with Crippen molar-refractivity contribution in [1.82, 2.24) is 5.32 Å². The molecule has 1 rings (SSSR count). The number of hydrogen-bond acceptors (Lipinski definition) is 2. The lowest BCUT2D eigenvalue weighted by Crippen LogP contribution is -2.55. The molecule has 18 heavy (non-hydrogen) atoms. The van der Waals surface area contributed by atoms with Crippen LogP contribution in [0, 0.1) is 23.7 Å². The van der Waals surface area contributed by atoms with Gasteiger partial charge < -0.3 is 11.1 Å². The molecule has 0 aliphatic heterocycles. The smallest absolute Gasteiger partial charge is 0.0306 e. The Labute approximate surface area is 114 Å². The molecule has 0 saturated heterocycles. The molecule has 0 aromatic rings. The van der Waals surface area contributed by atoms with E-state index < -0.39 is 0 Å². The van der Waals surface area contributed by atoms with E-state index in [4.69, 9.17) is 5.73 Å². The van der Waals surface area contributed by atoms with Gasteiger partial charge in [0.05, 0.1) is 0 Å². The van der Waals surface area contributed by atoms with Gasteiger partial charge in [-0.15, -0.1) is 0 Å². The molecular formula is C16H34N2. The van der Waals surface area contributed by atoms with Crippen LogP contribution in [0.2, 0.25) is 0 Å². The number of rotatable bonds is 6. The summed E-state index contributed by atoms with van der Waals surface area (Å²) >= 11 is 0. The zero-order valence-corrected chi connectivity index (χ0v) is 13.1. The Hall–Kier alpha value is -0.0800. The van der Waals surface area contributed by atoms with Crippen LogP contribution in [-0.4, -0.2) is 18.6 Å². The van der Waals surface area contributed by atoms with Gasteiger partial charge in [0.25, 0.3) is 0 Å². The van der Waals surface area contributed by atoms with Gasteiger partial charge in [0.1, 0.15) is 0 Å². The maximum absolute atomic E-state index is 6.08. The second-order valence-corrected chi connectivity index (χ2v) is 7.22. The molecule has 0 aromatic heterocycles. The van der Waals surface area contributed by atoms with Crippen molar-refractivity contribution in [2.75, 3.05) is 13.1 Å². The minimum atomic E-state index is 0.222. The molecule has 0 heterocycles. The molecule has 1 saturated carbocycles. The van der Waals surface area contributed by atoms with E-state index >= 15 is 0 Å². The Morgan fingerprint density at radius 3 is 2.28 bits per heavy atom. The molecule has 0 amide bonds. The summed E-state index contributed by atoms with van der Waals surface area (Å²) in [7, 11) is 0. The molecule has 1 fully saturated rings. The first-order valence-corrected chi connectivity index (χ1v) is 7.85. The Morgan fingerprint density at radius 1 is 1.22 bits per heavy atom. The third kappa shape index (κ3) is 4.24. The average Bonchev–Trinajstić information content (AvgIpc) is 2.28. The Kier molecular flexibility index (Phi) is 6.13. The number of hydrogen-bond donors (Lipinski definition) is 2. The molecule has 1 aliphatic rings. The number of nitrogens with two attached hydrogens (primary N) is 1. The largest absolute Gasteiger partial charge is 0.329 e. The standard InChI is InChI=1S/C16H34N2/c1-12(2)15(13(3)4)10-18-16(11-17)8-6-7-14(5)9-16/h12-15,18H,6-11,17H2,1-5H3. The van der Waals surface area contributed by atoms with Crippen LogP contribution in [0.1, 0.15) is 60.3 Å². The van der Waals surface area contributed by atoms with Crippen LogP contribution in [0.3, 0.4) is 0 Å². The van der Waals surface area contributed by atoms with Crippen LogP contribution in [0.4, 0.5) is 0 Å². The minimum absolute atomic E-state index is 0.222. The van der Waals surface area contributed by atoms with Gasteiger partial charge >= 0.3 is 0 Å². The highest BCUT2D eigenvalue weighted by Crippen LogP contribution is 2.32. The summed E-state index contributed by atoms with van der Waals surface area (Å²) in [4.78, 5) is 0. The first-order valence-electron chi connectivity index (χ1n) is 7.85. The molecule has 2 unspecified atom stereocenters. The van der Waals surface area contributed by atoms with Crippen LogP contribution in [0.5, 0.6) is 0 Å². The zero-order valence-electron chi connectivity index (χ0n) is 13.1. The molecule has 1 aliphatic carbocycles. The van der Waals surface area contributed by atoms with Crippen molar-refractivity contribution in [3.05, 3.63) is 0 Å². The monoisotopic (exact) mass is 254 g/mol. The maximum Gasteiger partial charge on any atom is 0.0306 e. The van der Waals surface area contributed by atoms with Gasteiger partial charge in [-0.25, -0.2) is 0 Å². The molecule has 2 atom stereocenters. The topological polar surface area (TPSA) is 38.0 Å². The van der Waals surface area contributed by atoms with Crippen LogP contribution >= 0.6 is 0 Å². The van der Waals surface area contributed by atoms with Gasteiger partial charge in [-0.05, 0) is 43.1 Å². The third-order valence-electron chi connectivity index (χ3n) is 4.91. The quantitative estimate of drug-likeness (QED) is 0.762. The van der Waals surface area contributed by atoms with E-state index in [-0.39, 0.29) is 5.54 Å². The van der Waals surface area contributed by atoms with E-state index in [0.717, 1.165) is 36.8 Å². The molecular weight excluding hydrogens is 220 g/mol. The summed E-state index contributed by atoms with van der Waals surface area (Å²) in [5.74, 6) is 3.07. The van der Waals surface area contributed by atoms with Gasteiger partial charge in [-0.1, -0.05) is 47.5 Å². The Morgan fingerprint density at radius 2 is 1.83 bits per heavy atom. The first-order chi connectivity index (χ1) is 8.40. The summed E-state index contributed by atoms with van der Waals surface area (Å²) in [5, 5.41) is 3.85. The zero-order chi connectivity index (χ0) is 13.8. The predicted octanol–water partition coefficient (Wildman–Crippen LogP) is 3.41. The molecule has 2 nitrogen and oxygen atoms in total. The Bertz CT molecular complexity index is 229. The highest BCUT2D eigenvalue weighted by molar-refractivity contribution is 4.94. The molecule has 0 bridgehead atoms. The van der Waals surface area contributed by atoms with E-state index in [9.17, 15) is 0 Å². The van der Waals surface area contributed by atoms with Gasteiger partial charge in [0.2, 0.25) is 0 Å². The van der Waals surface area contributed by atoms with Gasteiger partial charge in [0, 0.05) is 12.1 Å². The molecule has 3 N–H and O–H groups in total. The van der Waals surface area contributed by atoms with Crippen molar-refractivity contribution in [3.63, 3.8) is 0 Å². The summed E-state index contributed by atoms with van der Waals surface area (Å²) in [6, 6.07) is 0. The van der Waals surface area contributed by atoms with Crippen LogP contribution in [0.15, 0.2) is 0 Å². The van der Waals surface area contributed by atoms with Crippen molar-refractivity contribution in [3.8, 4) is 0 Å². The minimum Gasteiger partial charge on any atom is -0.329 e. The highest BCUT2D eigenvalue weighted by Gasteiger charge is 2.34. The predicted molar refractivity (Wildman–Crippen MR) is 80.6 cm³/mol. The lowest BCUT2D eigenvalue weighted by Gasteiger charge is -2.42. The Balaban J connectivity index is 2.57. The molecule has 0 radical (unpaired) electrons. The van der Waals surface area contributed by atoms with E-state index in [0.29, 0.717) is 0 Å². The second-order valence-electron chi connectivity index (χ2n) is 7.22. The fraction of sp³-hybridized carbons (Fsp3) is 1.00. The van der Waals surface area contributed by atoms with E-state index in [2.05, 4.69) is 39.9 Å².